The van der Waals surface area contributed by atoms with Crippen molar-refractivity contribution in [1.82, 2.24) is 0 Å². The van der Waals surface area contributed by atoms with Gasteiger partial charge in [0, 0.05) is 5.02 Å². The third-order valence-corrected chi connectivity index (χ3v) is 4.35. The van der Waals surface area contributed by atoms with Crippen molar-refractivity contribution >= 4 is 46.6 Å². The van der Waals surface area contributed by atoms with E-state index in [9.17, 15) is 9.59 Å². The minimum atomic E-state index is -0.526. The van der Waals surface area contributed by atoms with Gasteiger partial charge in [0.1, 0.15) is 0 Å². The Bertz CT molecular complexity index is 797. The van der Waals surface area contributed by atoms with Crippen LogP contribution in [-0.4, -0.2) is 18.6 Å². The fourth-order valence-corrected chi connectivity index (χ4v) is 2.86. The molecule has 0 atom stereocenters. The van der Waals surface area contributed by atoms with Crippen LogP contribution in [0.3, 0.4) is 0 Å². The maximum absolute atomic E-state index is 12.3. The molecule has 2 amide bonds. The molecule has 5 nitrogen and oxygen atoms in total. The van der Waals surface area contributed by atoms with Gasteiger partial charge in [-0.3, -0.25) is 0 Å². The quantitative estimate of drug-likeness (QED) is 0.393. The van der Waals surface area contributed by atoms with E-state index < -0.39 is 12.0 Å². The average Bonchev–Trinajstić information content (AvgIpc) is 2.64. The van der Waals surface area contributed by atoms with Crippen LogP contribution in [0.25, 0.3) is 0 Å². The Kier molecular flexibility index (Phi) is 8.43. The lowest BCUT2D eigenvalue weighted by Gasteiger charge is -2.12. The topological polar surface area (TPSA) is 67.4 Å². The number of ether oxygens (including phenoxy) is 1. The predicted octanol–water partition coefficient (Wildman–Crippen LogP) is 6.37. The largest absolute Gasteiger partial charge is 0.462 e. The summed E-state index contributed by atoms with van der Waals surface area (Å²) in [5, 5.41) is 6.06. The fraction of sp³-hybridized carbons (Fsp3) is 0.300. The van der Waals surface area contributed by atoms with E-state index in [-0.39, 0.29) is 0 Å². The van der Waals surface area contributed by atoms with E-state index in [4.69, 9.17) is 27.9 Å². The maximum atomic E-state index is 12.3. The molecule has 2 aromatic carbocycles. The number of esters is 1. The van der Waals surface area contributed by atoms with Crippen molar-refractivity contribution < 1.29 is 14.3 Å². The Balaban J connectivity index is 1.98. The monoisotopic (exact) mass is 408 g/mol. The number of hydrogen-bond acceptors (Lipinski definition) is 3. The van der Waals surface area contributed by atoms with E-state index in [2.05, 4.69) is 17.6 Å². The Labute approximate surface area is 169 Å². The lowest BCUT2D eigenvalue weighted by Crippen LogP contribution is -2.21. The number of amides is 2. The molecule has 0 fully saturated rings. The van der Waals surface area contributed by atoms with Crippen molar-refractivity contribution in [3.05, 3.63) is 58.1 Å². The molecular formula is C20H22Cl2N2O3. The number of halogens is 2. The molecule has 0 radical (unpaired) electrons. The average molecular weight is 409 g/mol. The molecule has 0 saturated heterocycles. The second-order valence-corrected chi connectivity index (χ2v) is 6.79. The number of rotatable bonds is 8. The van der Waals surface area contributed by atoms with Crippen LogP contribution in [0.2, 0.25) is 10.0 Å². The van der Waals surface area contributed by atoms with E-state index >= 15 is 0 Å². The maximum Gasteiger partial charge on any atom is 0.340 e. The zero-order valence-electron chi connectivity index (χ0n) is 15.1. The van der Waals surface area contributed by atoms with E-state index in [1.807, 2.05) is 0 Å². The molecule has 0 aliphatic rings. The highest BCUT2D eigenvalue weighted by molar-refractivity contribution is 6.36. The lowest BCUT2D eigenvalue weighted by molar-refractivity contribution is 0.0499. The SMILES string of the molecule is CCCCCCOC(=O)c1ccccc1NC(=O)Nc1ccc(Cl)cc1Cl. The highest BCUT2D eigenvalue weighted by atomic mass is 35.5. The van der Waals surface area contributed by atoms with E-state index in [1.165, 1.54) is 6.07 Å². The molecule has 0 aromatic heterocycles. The number of hydrogen-bond donors (Lipinski definition) is 2. The van der Waals surface area contributed by atoms with Crippen LogP contribution in [-0.2, 0) is 4.74 Å². The van der Waals surface area contributed by atoms with Gasteiger partial charge in [0.05, 0.1) is 28.6 Å². The molecule has 2 aromatic rings. The number of carbonyl (C=O) groups is 2. The van der Waals surface area contributed by atoms with Crippen LogP contribution >= 0.6 is 23.2 Å². The molecule has 0 spiro atoms. The number of unbranched alkanes of at least 4 members (excludes halogenated alkanes) is 3. The summed E-state index contributed by atoms with van der Waals surface area (Å²) < 4.78 is 5.30. The Morgan fingerprint density at radius 3 is 2.44 bits per heavy atom. The second-order valence-electron chi connectivity index (χ2n) is 5.95. The van der Waals surface area contributed by atoms with Gasteiger partial charge in [-0.15, -0.1) is 0 Å². The summed E-state index contributed by atoms with van der Waals surface area (Å²) in [4.78, 5) is 24.6. The van der Waals surface area contributed by atoms with Crippen molar-refractivity contribution in [2.75, 3.05) is 17.2 Å². The third-order valence-electron chi connectivity index (χ3n) is 3.81. The number of anilines is 2. The summed E-state index contributed by atoms with van der Waals surface area (Å²) in [6.07, 6.45) is 4.08. The van der Waals surface area contributed by atoms with Crippen molar-refractivity contribution in [1.29, 1.82) is 0 Å². The van der Waals surface area contributed by atoms with Gasteiger partial charge in [-0.25, -0.2) is 9.59 Å². The molecule has 2 rings (SSSR count). The predicted molar refractivity (Wildman–Crippen MR) is 110 cm³/mol. The number of carbonyl (C=O) groups excluding carboxylic acids is 2. The Morgan fingerprint density at radius 2 is 1.70 bits per heavy atom. The van der Waals surface area contributed by atoms with Gasteiger partial charge >= 0.3 is 12.0 Å². The number of para-hydroxylation sites is 1. The normalized spacial score (nSPS) is 10.3. The van der Waals surface area contributed by atoms with Gasteiger partial charge in [0.15, 0.2) is 0 Å². The molecule has 0 unspecified atom stereocenters. The van der Waals surface area contributed by atoms with Crippen LogP contribution < -0.4 is 10.6 Å². The van der Waals surface area contributed by atoms with Gasteiger partial charge in [-0.2, -0.15) is 0 Å². The second kappa shape index (κ2) is 10.8. The molecule has 7 heteroatoms. The summed E-state index contributed by atoms with van der Waals surface area (Å²) in [7, 11) is 0. The fourth-order valence-electron chi connectivity index (χ4n) is 2.41. The Hall–Kier alpha value is -2.24. The zero-order chi connectivity index (χ0) is 19.6. The molecule has 2 N–H and O–H groups in total. The standard InChI is InChI=1S/C20H22Cl2N2O3/c1-2-3-4-7-12-27-19(25)15-8-5-6-9-17(15)23-20(26)24-18-11-10-14(21)13-16(18)22/h5-6,8-11,13H,2-4,7,12H2,1H3,(H2,23,24,26). The summed E-state index contributed by atoms with van der Waals surface area (Å²) in [6.45, 7) is 2.48. The highest BCUT2D eigenvalue weighted by Crippen LogP contribution is 2.25. The summed E-state index contributed by atoms with van der Waals surface area (Å²) in [5.74, 6) is -0.466. The molecular weight excluding hydrogens is 387 g/mol. The van der Waals surface area contributed by atoms with Crippen LogP contribution in [0, 0.1) is 0 Å². The van der Waals surface area contributed by atoms with Gasteiger partial charge in [0.2, 0.25) is 0 Å². The Morgan fingerprint density at radius 1 is 0.963 bits per heavy atom. The highest BCUT2D eigenvalue weighted by Gasteiger charge is 2.15. The molecule has 144 valence electrons. The van der Waals surface area contributed by atoms with Gasteiger partial charge in [-0.05, 0) is 36.8 Å². The van der Waals surface area contributed by atoms with Crippen molar-refractivity contribution in [2.24, 2.45) is 0 Å². The lowest BCUT2D eigenvalue weighted by atomic mass is 10.2. The van der Waals surface area contributed by atoms with E-state index in [0.29, 0.717) is 33.6 Å². The molecule has 0 aliphatic carbocycles. The third kappa shape index (κ3) is 6.77. The first-order chi connectivity index (χ1) is 13.0. The number of benzene rings is 2. The minimum Gasteiger partial charge on any atom is -0.462 e. The summed E-state index contributed by atoms with van der Waals surface area (Å²) in [6, 6.07) is 10.9. The minimum absolute atomic E-state index is 0.297. The van der Waals surface area contributed by atoms with E-state index in [0.717, 1.165) is 25.7 Å². The van der Waals surface area contributed by atoms with Gasteiger partial charge in [0.25, 0.3) is 0 Å². The van der Waals surface area contributed by atoms with E-state index in [1.54, 1.807) is 36.4 Å². The molecule has 0 aliphatic heterocycles. The summed E-state index contributed by atoms with van der Waals surface area (Å²) >= 11 is 11.9. The van der Waals surface area contributed by atoms with Crippen molar-refractivity contribution in [3.63, 3.8) is 0 Å². The van der Waals surface area contributed by atoms with Gasteiger partial charge in [-0.1, -0.05) is 61.5 Å². The first kappa shape index (κ1) is 21.1. The van der Waals surface area contributed by atoms with Crippen LogP contribution in [0.1, 0.15) is 43.0 Å². The van der Waals surface area contributed by atoms with Crippen molar-refractivity contribution in [3.8, 4) is 0 Å². The first-order valence-electron chi connectivity index (χ1n) is 8.80. The smallest absolute Gasteiger partial charge is 0.340 e. The molecule has 0 bridgehead atoms. The first-order valence-corrected chi connectivity index (χ1v) is 9.56. The number of nitrogens with one attached hydrogen (secondary N) is 2. The summed E-state index contributed by atoms with van der Waals surface area (Å²) in [5.41, 5.74) is 1.07. The van der Waals surface area contributed by atoms with Crippen LogP contribution in [0.4, 0.5) is 16.2 Å². The molecule has 0 saturated carbocycles. The molecule has 0 heterocycles. The van der Waals surface area contributed by atoms with Gasteiger partial charge < -0.3 is 15.4 Å². The van der Waals surface area contributed by atoms with Crippen LogP contribution in [0.15, 0.2) is 42.5 Å². The van der Waals surface area contributed by atoms with Crippen LogP contribution in [0.5, 0.6) is 0 Å². The van der Waals surface area contributed by atoms with Crippen molar-refractivity contribution in [2.45, 2.75) is 32.6 Å². The number of urea groups is 1. The zero-order valence-corrected chi connectivity index (χ0v) is 16.6. The molecule has 27 heavy (non-hydrogen) atoms.